The summed E-state index contributed by atoms with van der Waals surface area (Å²) in [6.07, 6.45) is -1.10. The molecule has 27 heavy (non-hydrogen) atoms. The Kier molecular flexibility index (Phi) is 5.36. The van der Waals surface area contributed by atoms with Gasteiger partial charge in [-0.25, -0.2) is 0 Å². The fraction of sp³-hybridized carbons (Fsp3) is 0.235. The number of anilines is 1. The quantitative estimate of drug-likeness (QED) is 0.653. The summed E-state index contributed by atoms with van der Waals surface area (Å²) in [6.45, 7) is 1.41. The molecule has 0 atom stereocenters. The first-order valence-electron chi connectivity index (χ1n) is 7.89. The minimum absolute atomic E-state index is 0.197. The summed E-state index contributed by atoms with van der Waals surface area (Å²) in [5.41, 5.74) is 0.617. The van der Waals surface area contributed by atoms with Crippen LogP contribution in [0.15, 0.2) is 47.2 Å². The zero-order chi connectivity index (χ0) is 19.6. The van der Waals surface area contributed by atoms with Crippen LogP contribution in [-0.4, -0.2) is 25.5 Å². The van der Waals surface area contributed by atoms with E-state index in [1.807, 2.05) is 12.3 Å². The lowest BCUT2D eigenvalue weighted by atomic mass is 10.2. The Bertz CT molecular complexity index is 964. The van der Waals surface area contributed by atoms with Gasteiger partial charge in [0.2, 0.25) is 5.91 Å². The summed E-state index contributed by atoms with van der Waals surface area (Å²) >= 11 is 3.32. The van der Waals surface area contributed by atoms with E-state index in [-0.39, 0.29) is 5.69 Å². The second kappa shape index (κ2) is 7.55. The molecule has 1 amide bonds. The molecule has 0 unspecified atom stereocenters. The number of aryl methyl sites for hydroxylation is 1. The van der Waals surface area contributed by atoms with Crippen LogP contribution in [0.5, 0.6) is 0 Å². The maximum atomic E-state index is 13.0. The van der Waals surface area contributed by atoms with Gasteiger partial charge in [0.25, 0.3) is 0 Å². The van der Waals surface area contributed by atoms with E-state index in [1.54, 1.807) is 29.1 Å². The minimum atomic E-state index is -4.57. The first kappa shape index (κ1) is 19.2. The molecular formula is C17H15BrF3N5O. The Balaban J connectivity index is 1.69. The van der Waals surface area contributed by atoms with Crippen LogP contribution in [0.3, 0.4) is 0 Å². The van der Waals surface area contributed by atoms with E-state index in [1.165, 1.54) is 6.92 Å². The number of benzene rings is 1. The number of aromatic nitrogens is 4. The summed E-state index contributed by atoms with van der Waals surface area (Å²) in [4.78, 5) is 12.2. The maximum absolute atomic E-state index is 13.0. The second-order valence-corrected chi connectivity index (χ2v) is 6.85. The number of nitrogens with zero attached hydrogens (tertiary/aromatic N) is 4. The summed E-state index contributed by atoms with van der Waals surface area (Å²) in [6, 6.07) is 7.94. The molecule has 2 aromatic heterocycles. The average molecular weight is 442 g/mol. The highest BCUT2D eigenvalue weighted by atomic mass is 79.9. The Morgan fingerprint density at radius 1 is 1.30 bits per heavy atom. The topological polar surface area (TPSA) is 64.7 Å². The van der Waals surface area contributed by atoms with Crippen LogP contribution >= 0.6 is 15.9 Å². The maximum Gasteiger partial charge on any atom is 0.433 e. The van der Waals surface area contributed by atoms with Gasteiger partial charge in [-0.15, -0.1) is 0 Å². The van der Waals surface area contributed by atoms with Crippen molar-refractivity contribution in [2.24, 2.45) is 0 Å². The van der Waals surface area contributed by atoms with Gasteiger partial charge in [0, 0.05) is 11.9 Å². The first-order valence-corrected chi connectivity index (χ1v) is 8.68. The Hall–Kier alpha value is -2.62. The predicted octanol–water partition coefficient (Wildman–Crippen LogP) is 3.86. The molecule has 142 valence electrons. The van der Waals surface area contributed by atoms with Crippen LogP contribution < -0.4 is 5.32 Å². The van der Waals surface area contributed by atoms with E-state index in [4.69, 9.17) is 0 Å². The average Bonchev–Trinajstić information content (AvgIpc) is 3.12. The molecule has 10 heteroatoms. The third-order valence-electron chi connectivity index (χ3n) is 3.64. The lowest BCUT2D eigenvalue weighted by Gasteiger charge is -2.11. The number of hydrogen-bond acceptors (Lipinski definition) is 3. The predicted molar refractivity (Wildman–Crippen MR) is 96.1 cm³/mol. The van der Waals surface area contributed by atoms with Gasteiger partial charge >= 0.3 is 6.18 Å². The molecule has 0 spiro atoms. The second-order valence-electron chi connectivity index (χ2n) is 5.93. The normalized spacial score (nSPS) is 11.6. The molecular weight excluding hydrogens is 427 g/mol. The Labute approximate surface area is 161 Å². The number of amides is 1. The van der Waals surface area contributed by atoms with Gasteiger partial charge in [-0.05, 0) is 46.6 Å². The molecule has 0 radical (unpaired) electrons. The van der Waals surface area contributed by atoms with Crippen LogP contribution in [0, 0.1) is 6.92 Å². The SMILES string of the molecule is Cc1cc(C(F)(F)F)n(CC(=O)Nc2cccc(Cn3cc(Br)cn3)c2)n1. The van der Waals surface area contributed by atoms with Crippen molar-refractivity contribution in [1.82, 2.24) is 19.6 Å². The van der Waals surface area contributed by atoms with Gasteiger partial charge in [-0.1, -0.05) is 12.1 Å². The highest BCUT2D eigenvalue weighted by Gasteiger charge is 2.35. The van der Waals surface area contributed by atoms with Crippen molar-refractivity contribution < 1.29 is 18.0 Å². The van der Waals surface area contributed by atoms with Crippen molar-refractivity contribution in [3.05, 3.63) is 64.1 Å². The van der Waals surface area contributed by atoms with E-state index < -0.39 is 24.3 Å². The molecule has 1 aromatic carbocycles. The van der Waals surface area contributed by atoms with Crippen LogP contribution in [0.4, 0.5) is 18.9 Å². The zero-order valence-corrected chi connectivity index (χ0v) is 15.8. The highest BCUT2D eigenvalue weighted by molar-refractivity contribution is 9.10. The fourth-order valence-corrected chi connectivity index (χ4v) is 2.92. The van der Waals surface area contributed by atoms with Crippen molar-refractivity contribution in [2.75, 3.05) is 5.32 Å². The molecule has 0 bridgehead atoms. The lowest BCUT2D eigenvalue weighted by molar-refractivity contribution is -0.144. The van der Waals surface area contributed by atoms with Gasteiger partial charge in [0.05, 0.1) is 22.9 Å². The largest absolute Gasteiger partial charge is 0.433 e. The lowest BCUT2D eigenvalue weighted by Crippen LogP contribution is -2.23. The van der Waals surface area contributed by atoms with E-state index in [9.17, 15) is 18.0 Å². The molecule has 0 saturated heterocycles. The van der Waals surface area contributed by atoms with Crippen molar-refractivity contribution in [2.45, 2.75) is 26.2 Å². The van der Waals surface area contributed by atoms with Gasteiger partial charge in [-0.3, -0.25) is 14.2 Å². The zero-order valence-electron chi connectivity index (χ0n) is 14.2. The van der Waals surface area contributed by atoms with Crippen LogP contribution in [0.1, 0.15) is 17.0 Å². The number of hydrogen-bond donors (Lipinski definition) is 1. The first-order chi connectivity index (χ1) is 12.7. The van der Waals surface area contributed by atoms with E-state index in [2.05, 4.69) is 31.4 Å². The highest BCUT2D eigenvalue weighted by Crippen LogP contribution is 2.29. The summed E-state index contributed by atoms with van der Waals surface area (Å²) in [5, 5.41) is 10.5. The number of carbonyl (C=O) groups excluding carboxylic acids is 1. The Morgan fingerprint density at radius 2 is 2.07 bits per heavy atom. The Morgan fingerprint density at radius 3 is 2.74 bits per heavy atom. The van der Waals surface area contributed by atoms with E-state index >= 15 is 0 Å². The summed E-state index contributed by atoms with van der Waals surface area (Å²) < 4.78 is 42.2. The number of alkyl halides is 3. The molecule has 0 fully saturated rings. The minimum Gasteiger partial charge on any atom is -0.324 e. The van der Waals surface area contributed by atoms with Crippen molar-refractivity contribution in [3.63, 3.8) is 0 Å². The number of carbonyl (C=O) groups is 1. The number of nitrogens with one attached hydrogen (secondary N) is 1. The van der Waals surface area contributed by atoms with Gasteiger partial charge in [0.1, 0.15) is 12.2 Å². The van der Waals surface area contributed by atoms with Crippen LogP contribution in [0.25, 0.3) is 0 Å². The van der Waals surface area contributed by atoms with Gasteiger partial charge in [-0.2, -0.15) is 23.4 Å². The number of rotatable bonds is 5. The monoisotopic (exact) mass is 441 g/mol. The molecule has 0 aliphatic carbocycles. The van der Waals surface area contributed by atoms with Crippen molar-refractivity contribution in [3.8, 4) is 0 Å². The fourth-order valence-electron chi connectivity index (χ4n) is 2.59. The molecule has 3 aromatic rings. The van der Waals surface area contributed by atoms with Gasteiger partial charge in [0.15, 0.2) is 0 Å². The molecule has 0 saturated carbocycles. The molecule has 0 aliphatic rings. The third kappa shape index (κ3) is 4.97. The van der Waals surface area contributed by atoms with Crippen molar-refractivity contribution >= 4 is 27.5 Å². The molecule has 1 N–H and O–H groups in total. The molecule has 6 nitrogen and oxygen atoms in total. The van der Waals surface area contributed by atoms with Crippen molar-refractivity contribution in [1.29, 1.82) is 0 Å². The van der Waals surface area contributed by atoms with E-state index in [0.717, 1.165) is 16.1 Å². The summed E-state index contributed by atoms with van der Waals surface area (Å²) in [7, 11) is 0. The van der Waals surface area contributed by atoms with Crippen LogP contribution in [-0.2, 0) is 24.1 Å². The standard InChI is InChI=1S/C17H15BrF3N5O/c1-11-5-15(17(19,20)21)26(24-11)10-16(27)23-14-4-2-3-12(6-14)8-25-9-13(18)7-22-25/h2-7,9H,8,10H2,1H3,(H,23,27). The van der Waals surface area contributed by atoms with E-state index in [0.29, 0.717) is 16.9 Å². The molecule has 2 heterocycles. The summed E-state index contributed by atoms with van der Waals surface area (Å²) in [5.74, 6) is -0.595. The smallest absolute Gasteiger partial charge is 0.324 e. The molecule has 0 aliphatic heterocycles. The van der Waals surface area contributed by atoms with Crippen LogP contribution in [0.2, 0.25) is 0 Å². The number of halogens is 4. The third-order valence-corrected chi connectivity index (χ3v) is 4.05. The van der Waals surface area contributed by atoms with Gasteiger partial charge < -0.3 is 5.32 Å². The molecule has 3 rings (SSSR count).